The molecule has 2 aromatic rings. The molecule has 1 unspecified atom stereocenters. The SMILES string of the molecule is CCCNC(c1cccs1)c1ccc(F)c(F)c1F. The van der Waals surface area contributed by atoms with Crippen molar-refractivity contribution in [1.29, 1.82) is 0 Å². The summed E-state index contributed by atoms with van der Waals surface area (Å²) in [5.41, 5.74) is 0.134. The Bertz CT molecular complexity index is 540. The second-order valence-electron chi connectivity index (χ2n) is 4.17. The minimum absolute atomic E-state index is 0.134. The van der Waals surface area contributed by atoms with Crippen LogP contribution in [-0.2, 0) is 0 Å². The van der Waals surface area contributed by atoms with E-state index in [1.54, 1.807) is 0 Å². The van der Waals surface area contributed by atoms with Crippen molar-refractivity contribution in [2.75, 3.05) is 6.54 Å². The molecule has 1 atom stereocenters. The van der Waals surface area contributed by atoms with Gasteiger partial charge in [-0.1, -0.05) is 19.1 Å². The van der Waals surface area contributed by atoms with Gasteiger partial charge < -0.3 is 5.32 Å². The summed E-state index contributed by atoms with van der Waals surface area (Å²) in [5.74, 6) is -3.71. The Morgan fingerprint density at radius 3 is 2.58 bits per heavy atom. The van der Waals surface area contributed by atoms with Crippen LogP contribution in [-0.4, -0.2) is 6.54 Å². The van der Waals surface area contributed by atoms with E-state index >= 15 is 0 Å². The summed E-state index contributed by atoms with van der Waals surface area (Å²) in [4.78, 5) is 0.873. The molecule has 1 heterocycles. The van der Waals surface area contributed by atoms with Crippen LogP contribution in [0.25, 0.3) is 0 Å². The summed E-state index contributed by atoms with van der Waals surface area (Å²) in [7, 11) is 0. The molecule has 1 aromatic heterocycles. The van der Waals surface area contributed by atoms with Gasteiger partial charge in [-0.15, -0.1) is 11.3 Å². The zero-order valence-corrected chi connectivity index (χ0v) is 11.2. The average molecular weight is 285 g/mol. The lowest BCUT2D eigenvalue weighted by atomic mass is 10.0. The van der Waals surface area contributed by atoms with Gasteiger partial charge in [-0.05, 0) is 30.5 Å². The van der Waals surface area contributed by atoms with Crippen molar-refractivity contribution in [3.8, 4) is 0 Å². The zero-order chi connectivity index (χ0) is 13.8. The first-order chi connectivity index (χ1) is 9.15. The molecule has 0 saturated carbocycles. The Labute approximate surface area is 114 Å². The molecule has 0 spiro atoms. The highest BCUT2D eigenvalue weighted by atomic mass is 32.1. The van der Waals surface area contributed by atoms with Crippen molar-refractivity contribution in [3.63, 3.8) is 0 Å². The Morgan fingerprint density at radius 1 is 1.16 bits per heavy atom. The topological polar surface area (TPSA) is 12.0 Å². The minimum atomic E-state index is -1.42. The van der Waals surface area contributed by atoms with Crippen LogP contribution in [0.2, 0.25) is 0 Å². The molecule has 0 saturated heterocycles. The van der Waals surface area contributed by atoms with Crippen LogP contribution in [0.5, 0.6) is 0 Å². The van der Waals surface area contributed by atoms with Crippen molar-refractivity contribution >= 4 is 11.3 Å². The number of rotatable bonds is 5. The third-order valence-corrected chi connectivity index (χ3v) is 3.74. The molecule has 0 amide bonds. The number of thiophene rings is 1. The summed E-state index contributed by atoms with van der Waals surface area (Å²) < 4.78 is 40.2. The summed E-state index contributed by atoms with van der Waals surface area (Å²) in [6.07, 6.45) is 0.868. The van der Waals surface area contributed by atoms with Crippen LogP contribution in [0.4, 0.5) is 13.2 Å². The summed E-state index contributed by atoms with van der Waals surface area (Å²) in [5, 5.41) is 5.03. The van der Waals surface area contributed by atoms with E-state index in [0.717, 1.165) is 17.4 Å². The molecule has 2 rings (SSSR count). The zero-order valence-electron chi connectivity index (χ0n) is 10.4. The normalized spacial score (nSPS) is 12.6. The molecule has 0 bridgehead atoms. The number of hydrogen-bond acceptors (Lipinski definition) is 2. The van der Waals surface area contributed by atoms with Crippen LogP contribution in [0, 0.1) is 17.5 Å². The monoisotopic (exact) mass is 285 g/mol. The Kier molecular flexibility index (Phi) is 4.61. The Balaban J connectivity index is 2.41. The summed E-state index contributed by atoms with van der Waals surface area (Å²) in [6.45, 7) is 2.65. The third kappa shape index (κ3) is 2.98. The first-order valence-corrected chi connectivity index (χ1v) is 6.93. The van der Waals surface area contributed by atoms with Gasteiger partial charge in [0.25, 0.3) is 0 Å². The maximum atomic E-state index is 13.9. The number of hydrogen-bond donors (Lipinski definition) is 1. The third-order valence-electron chi connectivity index (χ3n) is 2.80. The van der Waals surface area contributed by atoms with Crippen molar-refractivity contribution in [2.45, 2.75) is 19.4 Å². The molecular formula is C14H14F3NS. The molecule has 0 aliphatic carbocycles. The second kappa shape index (κ2) is 6.21. The van der Waals surface area contributed by atoms with E-state index in [1.165, 1.54) is 17.4 Å². The molecule has 0 radical (unpaired) electrons. The standard InChI is InChI=1S/C14H14F3NS/c1-2-7-18-14(11-4-3-8-19-11)9-5-6-10(15)13(17)12(9)16/h3-6,8,14,18H,2,7H2,1H3. The van der Waals surface area contributed by atoms with Crippen LogP contribution >= 0.6 is 11.3 Å². The lowest BCUT2D eigenvalue weighted by Gasteiger charge is -2.18. The molecule has 19 heavy (non-hydrogen) atoms. The number of nitrogens with one attached hydrogen (secondary N) is 1. The van der Waals surface area contributed by atoms with E-state index in [9.17, 15) is 13.2 Å². The molecule has 5 heteroatoms. The highest BCUT2D eigenvalue weighted by Crippen LogP contribution is 2.29. The Morgan fingerprint density at radius 2 is 1.95 bits per heavy atom. The predicted octanol–water partition coefficient (Wildman–Crippen LogP) is 4.25. The van der Waals surface area contributed by atoms with Crippen LogP contribution < -0.4 is 5.32 Å². The van der Waals surface area contributed by atoms with E-state index in [4.69, 9.17) is 0 Å². The maximum absolute atomic E-state index is 13.9. The van der Waals surface area contributed by atoms with Crippen molar-refractivity contribution in [1.82, 2.24) is 5.32 Å². The highest BCUT2D eigenvalue weighted by Gasteiger charge is 2.22. The van der Waals surface area contributed by atoms with Gasteiger partial charge in [0.1, 0.15) is 0 Å². The summed E-state index contributed by atoms with van der Waals surface area (Å²) in [6, 6.07) is 5.50. The van der Waals surface area contributed by atoms with Gasteiger partial charge in [0, 0.05) is 10.4 Å². The molecular weight excluding hydrogens is 271 g/mol. The van der Waals surface area contributed by atoms with E-state index in [1.807, 2.05) is 24.4 Å². The van der Waals surface area contributed by atoms with Crippen LogP contribution in [0.1, 0.15) is 29.8 Å². The van der Waals surface area contributed by atoms with E-state index in [0.29, 0.717) is 6.54 Å². The van der Waals surface area contributed by atoms with Gasteiger partial charge in [-0.25, -0.2) is 13.2 Å². The first kappa shape index (κ1) is 14.1. The quantitative estimate of drug-likeness (QED) is 0.810. The lowest BCUT2D eigenvalue weighted by Crippen LogP contribution is -2.23. The smallest absolute Gasteiger partial charge is 0.194 e. The first-order valence-electron chi connectivity index (χ1n) is 6.05. The molecule has 0 fully saturated rings. The van der Waals surface area contributed by atoms with Gasteiger partial charge in [-0.2, -0.15) is 0 Å². The molecule has 1 N–H and O–H groups in total. The lowest BCUT2D eigenvalue weighted by molar-refractivity contribution is 0.433. The largest absolute Gasteiger partial charge is 0.306 e. The maximum Gasteiger partial charge on any atom is 0.194 e. The van der Waals surface area contributed by atoms with E-state index < -0.39 is 23.5 Å². The van der Waals surface area contributed by atoms with Gasteiger partial charge in [-0.3, -0.25) is 0 Å². The van der Waals surface area contributed by atoms with Gasteiger partial charge in [0.2, 0.25) is 0 Å². The second-order valence-corrected chi connectivity index (χ2v) is 5.15. The van der Waals surface area contributed by atoms with Gasteiger partial charge in [0.05, 0.1) is 6.04 Å². The fraction of sp³-hybridized carbons (Fsp3) is 0.286. The van der Waals surface area contributed by atoms with Crippen molar-refractivity contribution in [2.24, 2.45) is 0 Å². The van der Waals surface area contributed by atoms with Crippen LogP contribution in [0.3, 0.4) is 0 Å². The van der Waals surface area contributed by atoms with E-state index in [2.05, 4.69) is 5.32 Å². The molecule has 0 aliphatic rings. The van der Waals surface area contributed by atoms with Gasteiger partial charge in [0.15, 0.2) is 17.5 Å². The van der Waals surface area contributed by atoms with Crippen molar-refractivity contribution in [3.05, 3.63) is 57.5 Å². The highest BCUT2D eigenvalue weighted by molar-refractivity contribution is 7.10. The summed E-state index contributed by atoms with van der Waals surface area (Å²) >= 11 is 1.45. The fourth-order valence-corrected chi connectivity index (χ4v) is 2.69. The Hall–Kier alpha value is -1.33. The van der Waals surface area contributed by atoms with E-state index in [-0.39, 0.29) is 5.56 Å². The number of halogens is 3. The number of benzene rings is 1. The predicted molar refractivity (Wildman–Crippen MR) is 70.8 cm³/mol. The van der Waals surface area contributed by atoms with Crippen LogP contribution in [0.15, 0.2) is 29.6 Å². The average Bonchev–Trinajstić information content (AvgIpc) is 2.92. The van der Waals surface area contributed by atoms with Crippen molar-refractivity contribution < 1.29 is 13.2 Å². The molecule has 0 aliphatic heterocycles. The molecule has 1 nitrogen and oxygen atoms in total. The molecule has 1 aromatic carbocycles. The van der Waals surface area contributed by atoms with Gasteiger partial charge >= 0.3 is 0 Å². The minimum Gasteiger partial charge on any atom is -0.306 e. The molecule has 102 valence electrons. The fourth-order valence-electron chi connectivity index (χ4n) is 1.87.